The van der Waals surface area contributed by atoms with Crippen LogP contribution in [0.4, 0.5) is 0 Å². The van der Waals surface area contributed by atoms with Crippen molar-refractivity contribution in [3.63, 3.8) is 0 Å². The van der Waals surface area contributed by atoms with Gasteiger partial charge in [0.05, 0.1) is 28.9 Å². The number of hydrogen-bond acceptors (Lipinski definition) is 4. The first kappa shape index (κ1) is 17.0. The molecule has 0 spiro atoms. The van der Waals surface area contributed by atoms with E-state index in [1.165, 1.54) is 0 Å². The van der Waals surface area contributed by atoms with E-state index in [9.17, 15) is 4.79 Å². The van der Waals surface area contributed by atoms with Crippen molar-refractivity contribution in [1.82, 2.24) is 15.0 Å². The summed E-state index contributed by atoms with van der Waals surface area (Å²) in [5.74, 6) is 0.463. The Balaban J connectivity index is 1.72. The third kappa shape index (κ3) is 3.19. The van der Waals surface area contributed by atoms with Gasteiger partial charge in [0.2, 0.25) is 0 Å². The van der Waals surface area contributed by atoms with Crippen LogP contribution in [0.25, 0.3) is 33.7 Å². The van der Waals surface area contributed by atoms with Gasteiger partial charge in [0.15, 0.2) is 0 Å². The van der Waals surface area contributed by atoms with Gasteiger partial charge in [-0.3, -0.25) is 4.98 Å². The molecule has 2 aromatic heterocycles. The van der Waals surface area contributed by atoms with E-state index in [4.69, 9.17) is 4.74 Å². The summed E-state index contributed by atoms with van der Waals surface area (Å²) in [5, 5.41) is 0. The summed E-state index contributed by atoms with van der Waals surface area (Å²) in [6.45, 7) is 4.02. The number of ether oxygens (including phenoxy) is 1. The molecule has 2 aromatic carbocycles. The maximum atomic E-state index is 12.4. The summed E-state index contributed by atoms with van der Waals surface area (Å²) in [7, 11) is 0. The second-order valence-corrected chi connectivity index (χ2v) is 6.25. The van der Waals surface area contributed by atoms with Crippen LogP contribution in [0.1, 0.15) is 22.8 Å². The topological polar surface area (TPSA) is 67.9 Å². The van der Waals surface area contributed by atoms with E-state index in [1.807, 2.05) is 61.5 Å². The highest BCUT2D eigenvalue weighted by molar-refractivity contribution is 5.97. The first-order valence-corrected chi connectivity index (χ1v) is 8.85. The number of imidazole rings is 1. The molecule has 0 saturated heterocycles. The molecule has 134 valence electrons. The van der Waals surface area contributed by atoms with Crippen molar-refractivity contribution in [2.45, 2.75) is 13.8 Å². The molecule has 0 amide bonds. The first-order valence-electron chi connectivity index (χ1n) is 8.85. The average Bonchev–Trinajstić information content (AvgIpc) is 3.12. The quantitative estimate of drug-likeness (QED) is 0.534. The van der Waals surface area contributed by atoms with Crippen LogP contribution in [-0.4, -0.2) is 27.5 Å². The molecule has 1 N–H and O–H groups in total. The Morgan fingerprint density at radius 3 is 2.52 bits per heavy atom. The van der Waals surface area contributed by atoms with Gasteiger partial charge in [-0.1, -0.05) is 36.4 Å². The monoisotopic (exact) mass is 357 g/mol. The van der Waals surface area contributed by atoms with Crippen LogP contribution in [0.5, 0.6) is 0 Å². The number of aromatic nitrogens is 3. The van der Waals surface area contributed by atoms with Crippen molar-refractivity contribution in [3.05, 3.63) is 71.9 Å². The SMILES string of the molecule is CCOC(=O)c1c(C)ccnc1-c1ccc(-c2nc3ccccc3[nH]2)cc1. The van der Waals surface area contributed by atoms with Crippen LogP contribution < -0.4 is 0 Å². The molecule has 0 atom stereocenters. The summed E-state index contributed by atoms with van der Waals surface area (Å²) >= 11 is 0. The minimum absolute atomic E-state index is 0.331. The largest absolute Gasteiger partial charge is 0.462 e. The van der Waals surface area contributed by atoms with E-state index in [0.29, 0.717) is 17.9 Å². The molecule has 4 rings (SSSR count). The number of aromatic amines is 1. The van der Waals surface area contributed by atoms with Gasteiger partial charge in [-0.25, -0.2) is 9.78 Å². The highest BCUT2D eigenvalue weighted by Crippen LogP contribution is 2.27. The molecule has 0 fully saturated rings. The number of carbonyl (C=O) groups is 1. The second kappa shape index (κ2) is 7.03. The molecular formula is C22H19N3O2. The fraction of sp³-hybridized carbons (Fsp3) is 0.136. The predicted molar refractivity (Wildman–Crippen MR) is 105 cm³/mol. The zero-order chi connectivity index (χ0) is 18.8. The van der Waals surface area contributed by atoms with Crippen LogP contribution in [0.3, 0.4) is 0 Å². The van der Waals surface area contributed by atoms with Crippen molar-refractivity contribution in [2.24, 2.45) is 0 Å². The summed E-state index contributed by atoms with van der Waals surface area (Å²) in [4.78, 5) is 24.7. The fourth-order valence-electron chi connectivity index (χ4n) is 3.11. The highest BCUT2D eigenvalue weighted by Gasteiger charge is 2.18. The zero-order valence-corrected chi connectivity index (χ0v) is 15.2. The Hall–Kier alpha value is -3.47. The molecule has 0 radical (unpaired) electrons. The van der Waals surface area contributed by atoms with Crippen molar-refractivity contribution in [2.75, 3.05) is 6.61 Å². The zero-order valence-electron chi connectivity index (χ0n) is 15.2. The summed E-state index contributed by atoms with van der Waals surface area (Å²) in [5.41, 5.74) is 5.75. The van der Waals surface area contributed by atoms with Gasteiger partial charge in [0, 0.05) is 17.3 Å². The molecule has 0 bridgehead atoms. The number of fused-ring (bicyclic) bond motifs is 1. The van der Waals surface area contributed by atoms with E-state index < -0.39 is 0 Å². The van der Waals surface area contributed by atoms with Gasteiger partial charge < -0.3 is 9.72 Å². The van der Waals surface area contributed by atoms with Crippen molar-refractivity contribution in [3.8, 4) is 22.6 Å². The fourth-order valence-corrected chi connectivity index (χ4v) is 3.11. The molecule has 0 aliphatic rings. The number of H-pyrrole nitrogens is 1. The van der Waals surface area contributed by atoms with Gasteiger partial charge in [-0.15, -0.1) is 0 Å². The minimum Gasteiger partial charge on any atom is -0.462 e. The molecule has 0 aliphatic heterocycles. The third-order valence-corrected chi connectivity index (χ3v) is 4.46. The molecule has 0 saturated carbocycles. The lowest BCUT2D eigenvalue weighted by Crippen LogP contribution is -2.09. The van der Waals surface area contributed by atoms with Crippen LogP contribution in [0.2, 0.25) is 0 Å². The smallest absolute Gasteiger partial charge is 0.340 e. The lowest BCUT2D eigenvalue weighted by atomic mass is 10.0. The van der Waals surface area contributed by atoms with Gasteiger partial charge in [-0.2, -0.15) is 0 Å². The Labute approximate surface area is 157 Å². The van der Waals surface area contributed by atoms with Crippen LogP contribution in [-0.2, 0) is 4.74 Å². The number of nitrogens with zero attached hydrogens (tertiary/aromatic N) is 2. The molecular weight excluding hydrogens is 338 g/mol. The Morgan fingerprint density at radius 1 is 1.04 bits per heavy atom. The maximum absolute atomic E-state index is 12.4. The number of aryl methyl sites for hydroxylation is 1. The standard InChI is InChI=1S/C22H19N3O2/c1-3-27-22(26)19-14(2)12-13-23-20(19)15-8-10-16(11-9-15)21-24-17-6-4-5-7-18(17)25-21/h4-13H,3H2,1-2H3,(H,24,25). The van der Waals surface area contributed by atoms with Crippen molar-refractivity contribution >= 4 is 17.0 Å². The van der Waals surface area contributed by atoms with E-state index in [-0.39, 0.29) is 5.97 Å². The number of nitrogens with one attached hydrogen (secondary N) is 1. The molecule has 2 heterocycles. The second-order valence-electron chi connectivity index (χ2n) is 6.25. The van der Waals surface area contributed by atoms with Gasteiger partial charge in [0.25, 0.3) is 0 Å². The number of hydrogen-bond donors (Lipinski definition) is 1. The van der Waals surface area contributed by atoms with Crippen molar-refractivity contribution < 1.29 is 9.53 Å². The minimum atomic E-state index is -0.348. The lowest BCUT2D eigenvalue weighted by Gasteiger charge is -2.11. The van der Waals surface area contributed by atoms with Gasteiger partial charge in [-0.05, 0) is 37.6 Å². The van der Waals surface area contributed by atoms with E-state index in [0.717, 1.165) is 33.5 Å². The number of carbonyl (C=O) groups excluding carboxylic acids is 1. The van der Waals surface area contributed by atoms with E-state index >= 15 is 0 Å². The van der Waals surface area contributed by atoms with Crippen LogP contribution in [0, 0.1) is 6.92 Å². The summed E-state index contributed by atoms with van der Waals surface area (Å²) < 4.78 is 5.20. The molecule has 5 heteroatoms. The van der Waals surface area contributed by atoms with Crippen molar-refractivity contribution in [1.29, 1.82) is 0 Å². The highest BCUT2D eigenvalue weighted by atomic mass is 16.5. The normalized spacial score (nSPS) is 10.9. The van der Waals surface area contributed by atoms with Gasteiger partial charge >= 0.3 is 5.97 Å². The molecule has 5 nitrogen and oxygen atoms in total. The molecule has 0 aliphatic carbocycles. The van der Waals surface area contributed by atoms with E-state index in [1.54, 1.807) is 13.1 Å². The van der Waals surface area contributed by atoms with Crippen LogP contribution in [0.15, 0.2) is 60.8 Å². The Morgan fingerprint density at radius 2 is 1.78 bits per heavy atom. The summed E-state index contributed by atoms with van der Waals surface area (Å²) in [6, 6.07) is 17.6. The summed E-state index contributed by atoms with van der Waals surface area (Å²) in [6.07, 6.45) is 1.71. The number of benzene rings is 2. The maximum Gasteiger partial charge on any atom is 0.340 e. The average molecular weight is 357 g/mol. The third-order valence-electron chi connectivity index (χ3n) is 4.46. The molecule has 4 aromatic rings. The first-order chi connectivity index (χ1) is 13.2. The van der Waals surface area contributed by atoms with Crippen LogP contribution >= 0.6 is 0 Å². The molecule has 27 heavy (non-hydrogen) atoms. The molecule has 0 unspecified atom stereocenters. The van der Waals surface area contributed by atoms with E-state index in [2.05, 4.69) is 15.0 Å². The Bertz CT molecular complexity index is 1080. The predicted octanol–water partition coefficient (Wildman–Crippen LogP) is 4.78. The number of para-hydroxylation sites is 2. The Kier molecular flexibility index (Phi) is 4.42. The van der Waals surface area contributed by atoms with Gasteiger partial charge in [0.1, 0.15) is 5.82 Å². The number of pyridine rings is 1. The number of rotatable bonds is 4. The lowest BCUT2D eigenvalue weighted by molar-refractivity contribution is 0.0526. The number of esters is 1.